The lowest BCUT2D eigenvalue weighted by atomic mass is 10.1. The molecule has 0 saturated heterocycles. The topological polar surface area (TPSA) is 77.8 Å². The van der Waals surface area contributed by atoms with Gasteiger partial charge in [-0.15, -0.1) is 0 Å². The van der Waals surface area contributed by atoms with Crippen molar-refractivity contribution in [2.24, 2.45) is 0 Å². The fourth-order valence-electron chi connectivity index (χ4n) is 4.37. The Morgan fingerprint density at radius 2 is 1.83 bits per heavy atom. The van der Waals surface area contributed by atoms with Crippen molar-refractivity contribution in [3.8, 4) is 22.8 Å². The Morgan fingerprint density at radius 3 is 2.57 bits per heavy atom. The number of hydrogen-bond acceptors (Lipinski definition) is 5. The number of fused-ring (bicyclic) bond motifs is 1. The number of nitrogens with zero attached hydrogens (tertiary/aromatic N) is 3. The number of aryl methyl sites for hydroxylation is 3. The number of amides is 1. The highest BCUT2D eigenvalue weighted by Crippen LogP contribution is 2.33. The lowest BCUT2D eigenvalue weighted by Crippen LogP contribution is -2.26. The Kier molecular flexibility index (Phi) is 7.34. The highest BCUT2D eigenvalue weighted by molar-refractivity contribution is 5.76. The van der Waals surface area contributed by atoms with E-state index in [4.69, 9.17) is 19.6 Å². The normalized spacial score (nSPS) is 11.0. The number of hydrogen-bond donors (Lipinski definition) is 1. The first-order chi connectivity index (χ1) is 16.9. The second kappa shape index (κ2) is 10.6. The molecule has 0 radical (unpaired) electrons. The number of methoxy groups -OCH3 is 2. The van der Waals surface area contributed by atoms with Crippen LogP contribution in [-0.2, 0) is 17.6 Å². The summed E-state index contributed by atoms with van der Waals surface area (Å²) >= 11 is 0. The first-order valence-electron chi connectivity index (χ1n) is 11.8. The molecule has 2 aromatic heterocycles. The molecular weight excluding hydrogens is 440 g/mol. The Labute approximate surface area is 206 Å². The van der Waals surface area contributed by atoms with E-state index in [1.54, 1.807) is 14.2 Å². The SMILES string of the molecule is COc1ccc(-c2cc3nc(C)c(CCC(=O)NCCc4cccc(C)c4)c(C)n3n2)c(OC)c1. The number of aromatic nitrogens is 3. The average Bonchev–Trinajstić information content (AvgIpc) is 3.27. The molecule has 182 valence electrons. The molecule has 0 aliphatic carbocycles. The molecule has 0 unspecified atom stereocenters. The molecule has 4 rings (SSSR count). The van der Waals surface area contributed by atoms with Gasteiger partial charge in [0.1, 0.15) is 11.5 Å². The molecular formula is C28H32N4O3. The summed E-state index contributed by atoms with van der Waals surface area (Å²) in [4.78, 5) is 17.3. The summed E-state index contributed by atoms with van der Waals surface area (Å²) < 4.78 is 12.7. The van der Waals surface area contributed by atoms with Crippen LogP contribution >= 0.6 is 0 Å². The third-order valence-electron chi connectivity index (χ3n) is 6.27. The molecule has 7 nitrogen and oxygen atoms in total. The summed E-state index contributed by atoms with van der Waals surface area (Å²) in [7, 11) is 3.26. The Bertz CT molecular complexity index is 1360. The van der Waals surface area contributed by atoms with Gasteiger partial charge in [0.2, 0.25) is 5.91 Å². The predicted octanol–water partition coefficient (Wildman–Crippen LogP) is 4.63. The van der Waals surface area contributed by atoms with Gasteiger partial charge in [0, 0.05) is 42.0 Å². The van der Waals surface area contributed by atoms with E-state index in [2.05, 4.69) is 30.4 Å². The van der Waals surface area contributed by atoms with E-state index in [1.165, 1.54) is 11.1 Å². The van der Waals surface area contributed by atoms with E-state index in [9.17, 15) is 4.79 Å². The molecule has 35 heavy (non-hydrogen) atoms. The van der Waals surface area contributed by atoms with Gasteiger partial charge in [-0.05, 0) is 56.9 Å². The maximum Gasteiger partial charge on any atom is 0.220 e. The van der Waals surface area contributed by atoms with Gasteiger partial charge in [-0.25, -0.2) is 9.50 Å². The standard InChI is InChI=1S/C28H32N4O3/c1-18-7-6-8-21(15-18)13-14-29-28(33)12-11-23-19(2)30-27-17-25(31-32(27)20(23)3)24-10-9-22(34-4)16-26(24)35-5/h6-10,15-17H,11-14H2,1-5H3,(H,29,33). The molecule has 0 aliphatic heterocycles. The molecule has 2 aromatic carbocycles. The minimum absolute atomic E-state index is 0.0423. The van der Waals surface area contributed by atoms with Crippen molar-refractivity contribution < 1.29 is 14.3 Å². The van der Waals surface area contributed by atoms with E-state index in [-0.39, 0.29) is 5.91 Å². The molecule has 7 heteroatoms. The fraction of sp³-hybridized carbons (Fsp3) is 0.321. The summed E-state index contributed by atoms with van der Waals surface area (Å²) in [6, 6.07) is 16.0. The number of rotatable bonds is 9. The minimum atomic E-state index is 0.0423. The Morgan fingerprint density at radius 1 is 1.00 bits per heavy atom. The van der Waals surface area contributed by atoms with Crippen molar-refractivity contribution in [2.45, 2.75) is 40.0 Å². The zero-order valence-corrected chi connectivity index (χ0v) is 21.0. The molecule has 0 atom stereocenters. The van der Waals surface area contributed by atoms with Gasteiger partial charge < -0.3 is 14.8 Å². The van der Waals surface area contributed by atoms with Gasteiger partial charge in [0.25, 0.3) is 0 Å². The highest BCUT2D eigenvalue weighted by Gasteiger charge is 2.16. The van der Waals surface area contributed by atoms with Crippen molar-refractivity contribution >= 4 is 11.6 Å². The molecule has 0 aliphatic rings. The van der Waals surface area contributed by atoms with Crippen LogP contribution in [0.1, 0.15) is 34.5 Å². The van der Waals surface area contributed by atoms with Gasteiger partial charge in [0.15, 0.2) is 5.65 Å². The van der Waals surface area contributed by atoms with Crippen LogP contribution in [0.2, 0.25) is 0 Å². The van der Waals surface area contributed by atoms with Crippen molar-refractivity contribution in [1.82, 2.24) is 19.9 Å². The van der Waals surface area contributed by atoms with Crippen LogP contribution in [0.25, 0.3) is 16.9 Å². The molecule has 0 spiro atoms. The van der Waals surface area contributed by atoms with Crippen molar-refractivity contribution in [3.05, 3.63) is 76.6 Å². The smallest absolute Gasteiger partial charge is 0.220 e. The van der Waals surface area contributed by atoms with Gasteiger partial charge in [-0.1, -0.05) is 29.8 Å². The van der Waals surface area contributed by atoms with Crippen LogP contribution in [0, 0.1) is 20.8 Å². The lowest BCUT2D eigenvalue weighted by Gasteiger charge is -2.11. The number of carbonyl (C=O) groups excluding carboxylic acids is 1. The Balaban J connectivity index is 1.47. The number of ether oxygens (including phenoxy) is 2. The first-order valence-corrected chi connectivity index (χ1v) is 11.8. The monoisotopic (exact) mass is 472 g/mol. The van der Waals surface area contributed by atoms with Crippen LogP contribution in [0.5, 0.6) is 11.5 Å². The van der Waals surface area contributed by atoms with Crippen LogP contribution in [0.15, 0.2) is 48.5 Å². The number of benzene rings is 2. The predicted molar refractivity (Wildman–Crippen MR) is 137 cm³/mol. The van der Waals surface area contributed by atoms with E-state index < -0.39 is 0 Å². The molecule has 0 fully saturated rings. The zero-order valence-electron chi connectivity index (χ0n) is 21.0. The lowest BCUT2D eigenvalue weighted by molar-refractivity contribution is -0.121. The third-order valence-corrected chi connectivity index (χ3v) is 6.27. The zero-order chi connectivity index (χ0) is 24.9. The Hall–Kier alpha value is -3.87. The maximum absolute atomic E-state index is 12.5. The average molecular weight is 473 g/mol. The minimum Gasteiger partial charge on any atom is -0.497 e. The van der Waals surface area contributed by atoms with Crippen LogP contribution in [0.4, 0.5) is 0 Å². The summed E-state index contributed by atoms with van der Waals surface area (Å²) in [6.45, 7) is 6.71. The second-order valence-electron chi connectivity index (χ2n) is 8.72. The largest absolute Gasteiger partial charge is 0.497 e. The van der Waals surface area contributed by atoms with E-state index >= 15 is 0 Å². The molecule has 2 heterocycles. The van der Waals surface area contributed by atoms with Crippen molar-refractivity contribution in [2.75, 3.05) is 20.8 Å². The van der Waals surface area contributed by atoms with Gasteiger partial charge in [-0.3, -0.25) is 4.79 Å². The van der Waals surface area contributed by atoms with Gasteiger partial charge in [-0.2, -0.15) is 5.10 Å². The van der Waals surface area contributed by atoms with Crippen molar-refractivity contribution in [1.29, 1.82) is 0 Å². The molecule has 0 bridgehead atoms. The summed E-state index contributed by atoms with van der Waals surface area (Å²) in [6.07, 6.45) is 1.84. The van der Waals surface area contributed by atoms with E-state index in [0.29, 0.717) is 25.1 Å². The van der Waals surface area contributed by atoms with Crippen LogP contribution in [-0.4, -0.2) is 41.3 Å². The quantitative estimate of drug-likeness (QED) is 0.384. The van der Waals surface area contributed by atoms with Crippen molar-refractivity contribution in [3.63, 3.8) is 0 Å². The summed E-state index contributed by atoms with van der Waals surface area (Å²) in [5.41, 5.74) is 7.80. The molecule has 0 saturated carbocycles. The van der Waals surface area contributed by atoms with E-state index in [1.807, 2.05) is 48.7 Å². The number of nitrogens with one attached hydrogen (secondary N) is 1. The first kappa shape index (κ1) is 24.3. The third kappa shape index (κ3) is 5.45. The summed E-state index contributed by atoms with van der Waals surface area (Å²) in [5, 5.41) is 7.84. The summed E-state index contributed by atoms with van der Waals surface area (Å²) in [5.74, 6) is 1.45. The second-order valence-corrected chi connectivity index (χ2v) is 8.72. The maximum atomic E-state index is 12.5. The van der Waals surface area contributed by atoms with E-state index in [0.717, 1.165) is 46.0 Å². The van der Waals surface area contributed by atoms with Gasteiger partial charge in [0.05, 0.1) is 19.9 Å². The highest BCUT2D eigenvalue weighted by atomic mass is 16.5. The van der Waals surface area contributed by atoms with Gasteiger partial charge >= 0.3 is 0 Å². The van der Waals surface area contributed by atoms with Crippen LogP contribution in [0.3, 0.4) is 0 Å². The molecule has 1 N–H and O–H groups in total. The number of carbonyl (C=O) groups is 1. The fourth-order valence-corrected chi connectivity index (χ4v) is 4.37. The van der Waals surface area contributed by atoms with Crippen LogP contribution < -0.4 is 14.8 Å². The molecule has 1 amide bonds. The molecule has 4 aromatic rings.